The van der Waals surface area contributed by atoms with Crippen LogP contribution in [0.5, 0.6) is 0 Å². The maximum atomic E-state index is 13.0. The molecule has 3 unspecified atom stereocenters. The first-order valence-corrected chi connectivity index (χ1v) is 30.1. The van der Waals surface area contributed by atoms with Crippen LogP contribution in [0.2, 0.25) is 0 Å². The van der Waals surface area contributed by atoms with Gasteiger partial charge in [-0.3, -0.25) is 19.2 Å². The number of rotatable bonds is 6. The molecule has 0 saturated carbocycles. The number of nitrogens with one attached hydrogen (secondary N) is 1. The maximum absolute atomic E-state index is 13.0. The summed E-state index contributed by atoms with van der Waals surface area (Å²) in [6.45, 7) is 8.41. The second kappa shape index (κ2) is 26.1. The minimum atomic E-state index is 0. The van der Waals surface area contributed by atoms with Crippen molar-refractivity contribution in [2.24, 2.45) is 45.9 Å². The van der Waals surface area contributed by atoms with E-state index in [1.807, 2.05) is 79.7 Å². The van der Waals surface area contributed by atoms with E-state index in [0.29, 0.717) is 11.6 Å². The van der Waals surface area contributed by atoms with Crippen molar-refractivity contribution < 1.29 is 58.0 Å². The highest BCUT2D eigenvalue weighted by Crippen LogP contribution is 2.38. The Kier molecular flexibility index (Phi) is 20.2. The van der Waals surface area contributed by atoms with Crippen LogP contribution >= 0.6 is 22.6 Å². The van der Waals surface area contributed by atoms with Crippen LogP contribution in [0.1, 0.15) is 95.7 Å². The molecular weight excluding hydrogens is 1240 g/mol. The van der Waals surface area contributed by atoms with Crippen molar-refractivity contribution in [3.05, 3.63) is 172 Å². The van der Waals surface area contributed by atoms with Gasteiger partial charge in [-0.25, -0.2) is 4.98 Å². The zero-order chi connectivity index (χ0) is 56.6. The fourth-order valence-electron chi connectivity index (χ4n) is 13.1. The maximum Gasteiger partial charge on any atom is 0.190 e. The molecule has 13 rings (SSSR count). The third kappa shape index (κ3) is 12.2. The molecule has 0 spiro atoms. The number of ketones is 4. The van der Waals surface area contributed by atoms with Gasteiger partial charge in [0.15, 0.2) is 23.1 Å². The molecule has 0 bridgehead atoms. The molecule has 428 valence electrons. The average molecular weight is 1320 g/mol. The molecule has 0 fully saturated rings. The summed E-state index contributed by atoms with van der Waals surface area (Å²) < 4.78 is 11.6. The molecule has 5 aromatic heterocycles. The lowest BCUT2D eigenvalue weighted by molar-refractivity contribution is -0.872. The van der Waals surface area contributed by atoms with Crippen LogP contribution in [-0.2, 0) is 60.4 Å². The monoisotopic (exact) mass is 1320 g/mol. The van der Waals surface area contributed by atoms with Gasteiger partial charge >= 0.3 is 0 Å². The van der Waals surface area contributed by atoms with Gasteiger partial charge in [0.1, 0.15) is 5.82 Å². The second-order valence-electron chi connectivity index (χ2n) is 23.3. The van der Waals surface area contributed by atoms with Gasteiger partial charge < -0.3 is 61.7 Å². The Morgan fingerprint density at radius 2 is 0.914 bits per heavy atom. The third-order valence-electron chi connectivity index (χ3n) is 16.9. The van der Waals surface area contributed by atoms with Crippen LogP contribution in [0.3, 0.4) is 0 Å². The highest BCUT2D eigenvalue weighted by Gasteiger charge is 2.36. The van der Waals surface area contributed by atoms with E-state index in [-0.39, 0.29) is 58.8 Å². The minimum absolute atomic E-state index is 0. The van der Waals surface area contributed by atoms with Crippen molar-refractivity contribution in [1.29, 1.82) is 0 Å². The number of nitrogens with zero attached hydrogens (tertiary/aromatic N) is 7. The number of para-hydroxylation sites is 4. The van der Waals surface area contributed by atoms with E-state index in [1.54, 1.807) is 6.20 Å². The van der Waals surface area contributed by atoms with E-state index >= 15 is 0 Å². The number of hydrogen-bond acceptors (Lipinski definition) is 5. The molecule has 0 radical (unpaired) electrons. The summed E-state index contributed by atoms with van der Waals surface area (Å²) in [5.41, 5.74) is 13.9. The van der Waals surface area contributed by atoms with Crippen LogP contribution in [-0.4, -0.2) is 114 Å². The summed E-state index contributed by atoms with van der Waals surface area (Å²) in [7, 11) is 19.0. The van der Waals surface area contributed by atoms with Crippen LogP contribution in [0, 0.1) is 24.7 Å². The zero-order valence-corrected chi connectivity index (χ0v) is 53.4. The summed E-state index contributed by atoms with van der Waals surface area (Å²) >= 11 is 2.15. The van der Waals surface area contributed by atoms with E-state index < -0.39 is 0 Å². The molecule has 3 N–H and O–H groups in total. The molecule has 4 aromatic carbocycles. The number of fused-ring (bicyclic) bond motifs is 12. The number of quaternary nitrogens is 2. The summed E-state index contributed by atoms with van der Waals surface area (Å²) in [6.07, 6.45) is 11.3. The van der Waals surface area contributed by atoms with Gasteiger partial charge in [-0.2, -0.15) is 0 Å². The fraction of sp³-hybridized carbons (Fsp3) is 0.379. The average Bonchev–Trinajstić information content (AvgIpc) is 4.40. The molecule has 0 saturated heterocycles. The lowest BCUT2D eigenvalue weighted by Crippen LogP contribution is -3.06. The molecule has 3 atom stereocenters. The molecule has 0 amide bonds. The fourth-order valence-corrected chi connectivity index (χ4v) is 13.1. The summed E-state index contributed by atoms with van der Waals surface area (Å²) in [6, 6.07) is 32.8. The highest BCUT2D eigenvalue weighted by molar-refractivity contribution is 14.1. The number of Topliss-reactive ketones (excluding diaryl/α,β-unsaturated/α-hetero) is 4. The highest BCUT2D eigenvalue weighted by atomic mass is 127. The van der Waals surface area contributed by atoms with E-state index in [9.17, 15) is 19.2 Å². The van der Waals surface area contributed by atoms with Crippen molar-refractivity contribution in [1.82, 2.24) is 27.8 Å². The Balaban J connectivity index is 0.000000154. The predicted molar refractivity (Wildman–Crippen MR) is 333 cm³/mol. The number of halogens is 2. The number of allylic oxidation sites excluding steroid dienone is 1. The van der Waals surface area contributed by atoms with Crippen molar-refractivity contribution >= 4 is 89.3 Å². The summed E-state index contributed by atoms with van der Waals surface area (Å²) in [5, 5.41) is 4.41. The van der Waals surface area contributed by atoms with Gasteiger partial charge in [-0.15, -0.1) is 0 Å². The normalized spacial score (nSPS) is 17.3. The molecule has 13 nitrogen and oxygen atoms in total. The van der Waals surface area contributed by atoms with Gasteiger partial charge in [0.05, 0.1) is 65.7 Å². The van der Waals surface area contributed by atoms with Crippen LogP contribution in [0.15, 0.2) is 122 Å². The Labute approximate surface area is 508 Å². The van der Waals surface area contributed by atoms with E-state index in [1.165, 1.54) is 33.0 Å². The number of hydrogen-bond donors (Lipinski definition) is 1. The zero-order valence-electron chi connectivity index (χ0n) is 49.1. The van der Waals surface area contributed by atoms with Crippen molar-refractivity contribution in [3.63, 3.8) is 0 Å². The van der Waals surface area contributed by atoms with Gasteiger partial charge in [-0.1, -0.05) is 102 Å². The molecule has 4 aliphatic rings. The van der Waals surface area contributed by atoms with Crippen molar-refractivity contribution in [3.8, 4) is 0 Å². The lowest BCUT2D eigenvalue weighted by atomic mass is 9.84. The molecule has 15 heteroatoms. The Bertz CT molecular complexity index is 3800. The standard InChI is InChI=1S/C18H19N3O.C17H23N2O.C16H20N2O.C14H13NO.CH3I.HI.H2O/c1-12-19-9-10-21(12)11-13-7-8-16-17(18(13)22)14-5-3-4-6-15(14)20(16)2;1-18-14-8-6-5-7-13(14)16-15(18)10-9-12(17(16)20)11-19(2,3)4;1-17(2)10-11-8-9-14-15(16(11)19)12-6-4-5-7-13(12)18(14)3;1-9-7-8-12-13(14(9)16)10-5-3-4-6-11(10)15(12)2;1-2;;/h3-6,9-10,13H,7-8,11H2,1-2H3;5-8,12H,9-11H2,1-4H3;4-7,11H,8-10H2,1-3H3;3-6H,1,7-8H2,2H3;1H3;1H;1H2/q;+1;;;;;. The predicted octanol–water partition coefficient (Wildman–Crippen LogP) is 6.92. The quantitative estimate of drug-likeness (QED) is 0.0834. The Hall–Kier alpha value is -5.99. The number of benzene rings is 4. The van der Waals surface area contributed by atoms with Gasteiger partial charge in [0.2, 0.25) is 0 Å². The number of carbonyl (C=O) groups excluding carboxylic acids is 4. The first-order valence-electron chi connectivity index (χ1n) is 27.9. The summed E-state index contributed by atoms with van der Waals surface area (Å²) in [5.74, 6) is 2.46. The molecule has 0 aliphatic heterocycles. The van der Waals surface area contributed by atoms with Gasteiger partial charge in [0, 0.05) is 136 Å². The molecule has 81 heavy (non-hydrogen) atoms. The van der Waals surface area contributed by atoms with Crippen LogP contribution < -0.4 is 28.9 Å². The van der Waals surface area contributed by atoms with Crippen molar-refractivity contribution in [2.45, 2.75) is 64.8 Å². The topological polar surface area (TPSA) is 142 Å². The number of aromatic nitrogens is 6. The van der Waals surface area contributed by atoms with Crippen LogP contribution in [0.25, 0.3) is 43.6 Å². The lowest BCUT2D eigenvalue weighted by Gasteiger charge is -2.30. The first-order chi connectivity index (χ1) is 37.8. The number of carbonyl (C=O) groups is 4. The Morgan fingerprint density at radius 1 is 0.556 bits per heavy atom. The first kappa shape index (κ1) is 62.6. The number of imidazole rings is 1. The smallest absolute Gasteiger partial charge is 0.190 e. The second-order valence-corrected chi connectivity index (χ2v) is 23.3. The van der Waals surface area contributed by atoms with Crippen LogP contribution in [0.4, 0.5) is 0 Å². The van der Waals surface area contributed by atoms with E-state index in [4.69, 9.17) is 0 Å². The molecule has 9 aromatic rings. The largest absolute Gasteiger partial charge is 1.00 e. The Morgan fingerprint density at radius 3 is 1.31 bits per heavy atom. The number of aryl methyl sites for hydroxylation is 5. The SMILES string of the molecule is C=C1CCc2c(c3ccccc3n2C)C1=O.CI.Cc1nccn1CC1CCc2c(c3ccccc3n2C)C1=O.Cn1c2c(c3ccccc31)C(=O)C(C[N+](C)(C)C)CC2.Cn1c2c(c3ccccc31)C(=O)C(C[NH+](C)C)CC2.O.[I-]. The van der Waals surface area contributed by atoms with Gasteiger partial charge in [0.25, 0.3) is 0 Å². The van der Waals surface area contributed by atoms with Crippen molar-refractivity contribution in [2.75, 3.05) is 53.3 Å². The van der Waals surface area contributed by atoms with E-state index in [0.717, 1.165) is 147 Å². The van der Waals surface area contributed by atoms with Gasteiger partial charge in [-0.05, 0) is 93.1 Å². The molecule has 4 aliphatic carbocycles. The molecule has 5 heterocycles. The third-order valence-corrected chi connectivity index (χ3v) is 16.9. The molecular formula is C66H81I2N8O5+. The van der Waals surface area contributed by atoms with E-state index in [2.05, 4.69) is 156 Å². The summed E-state index contributed by atoms with van der Waals surface area (Å²) in [4.78, 5) is 58.4. The number of alkyl halides is 1. The minimum Gasteiger partial charge on any atom is -1.00 e.